The number of halogens is 5. The van der Waals surface area contributed by atoms with Gasteiger partial charge in [-0.1, -0.05) is 19.4 Å². The molecule has 1 aromatic carbocycles. The van der Waals surface area contributed by atoms with Crippen LogP contribution in [-0.4, -0.2) is 19.1 Å². The minimum absolute atomic E-state index is 0.159. The summed E-state index contributed by atoms with van der Waals surface area (Å²) in [6, 6.07) is 3.13. The van der Waals surface area contributed by atoms with Gasteiger partial charge in [0.2, 0.25) is 0 Å². The fourth-order valence-electron chi connectivity index (χ4n) is 2.01. The van der Waals surface area contributed by atoms with E-state index in [9.17, 15) is 19.4 Å². The number of anilines is 1. The molecule has 1 fully saturated rings. The van der Waals surface area contributed by atoms with Crippen LogP contribution < -0.4 is 10.6 Å². The quantitative estimate of drug-likeness (QED) is 0.803. The van der Waals surface area contributed by atoms with E-state index in [1.807, 2.05) is 0 Å². The van der Waals surface area contributed by atoms with Crippen molar-refractivity contribution in [2.45, 2.75) is 23.8 Å². The Labute approximate surface area is 108 Å². The Morgan fingerprint density at radius 1 is 0.947 bits per heavy atom. The van der Waals surface area contributed by atoms with Crippen molar-refractivity contribution in [3.63, 3.8) is 0 Å². The van der Waals surface area contributed by atoms with Crippen LogP contribution in [0.25, 0.3) is 0 Å². The highest BCUT2D eigenvalue weighted by atomic mass is 32.5. The number of rotatable bonds is 3. The van der Waals surface area contributed by atoms with Crippen LogP contribution in [0.2, 0.25) is 0 Å². The van der Waals surface area contributed by atoms with Gasteiger partial charge in [-0.2, -0.15) is 0 Å². The van der Waals surface area contributed by atoms with Crippen LogP contribution in [0.15, 0.2) is 29.2 Å². The van der Waals surface area contributed by atoms with Gasteiger partial charge in [-0.15, -0.1) is 0 Å². The number of hydrogen-bond acceptors (Lipinski definition) is 2. The van der Waals surface area contributed by atoms with E-state index < -0.39 is 15.1 Å². The van der Waals surface area contributed by atoms with Crippen molar-refractivity contribution in [1.29, 1.82) is 0 Å². The highest BCUT2D eigenvalue weighted by Gasteiger charge is 2.65. The second-order valence-corrected chi connectivity index (χ2v) is 7.07. The number of hydrogen-bond donors (Lipinski definition) is 2. The van der Waals surface area contributed by atoms with Gasteiger partial charge in [-0.25, -0.2) is 0 Å². The molecule has 8 heteroatoms. The van der Waals surface area contributed by atoms with Crippen molar-refractivity contribution in [2.24, 2.45) is 0 Å². The van der Waals surface area contributed by atoms with Gasteiger partial charge in [0.15, 0.2) is 0 Å². The summed E-state index contributed by atoms with van der Waals surface area (Å²) >= 11 is 0. The summed E-state index contributed by atoms with van der Waals surface area (Å²) in [4.78, 5) is -1.85. The van der Waals surface area contributed by atoms with Crippen molar-refractivity contribution in [3.8, 4) is 0 Å². The van der Waals surface area contributed by atoms with Crippen molar-refractivity contribution < 1.29 is 19.4 Å². The highest BCUT2D eigenvalue weighted by molar-refractivity contribution is 8.45. The summed E-state index contributed by atoms with van der Waals surface area (Å²) in [5.41, 5.74) is 0.428. The third kappa shape index (κ3) is 3.97. The zero-order valence-electron chi connectivity index (χ0n) is 10.0. The van der Waals surface area contributed by atoms with E-state index in [1.165, 1.54) is 0 Å². The van der Waals surface area contributed by atoms with Gasteiger partial charge >= 0.3 is 10.2 Å². The summed E-state index contributed by atoms with van der Waals surface area (Å²) < 4.78 is 62.5. The maximum Gasteiger partial charge on any atom is 0.310 e. The van der Waals surface area contributed by atoms with Crippen LogP contribution in [-0.2, 0) is 0 Å². The van der Waals surface area contributed by atoms with Crippen molar-refractivity contribution in [3.05, 3.63) is 24.3 Å². The molecule has 0 radical (unpaired) electrons. The largest absolute Gasteiger partial charge is 0.382 e. The van der Waals surface area contributed by atoms with Crippen LogP contribution >= 0.6 is 10.2 Å². The number of benzene rings is 1. The molecule has 110 valence electrons. The van der Waals surface area contributed by atoms with Crippen LogP contribution in [0.1, 0.15) is 12.8 Å². The molecule has 1 heterocycles. The molecule has 0 aromatic heterocycles. The lowest BCUT2D eigenvalue weighted by atomic mass is 10.1. The minimum Gasteiger partial charge on any atom is -0.382 e. The predicted octanol–water partition coefficient (Wildman–Crippen LogP) is 4.51. The first-order chi connectivity index (χ1) is 8.54. The Hall–Kier alpha value is -1.02. The Morgan fingerprint density at radius 3 is 1.95 bits per heavy atom. The SMILES string of the molecule is FS(F)(F)(F)(F)c1ccc(NC2CCNCC2)cc1. The fraction of sp³-hybridized carbons (Fsp3) is 0.455. The van der Waals surface area contributed by atoms with E-state index in [2.05, 4.69) is 10.6 Å². The fourth-order valence-corrected chi connectivity index (χ4v) is 2.66. The molecule has 1 aromatic rings. The standard InChI is InChI=1S/C11H15F5N2S/c12-19(13,14,15,16)11-3-1-9(2-4-11)18-10-5-7-17-8-6-10/h1-4,10,17-18H,5-8H2. The second-order valence-electron chi connectivity index (χ2n) is 4.66. The average molecular weight is 302 g/mol. The van der Waals surface area contributed by atoms with Crippen molar-refractivity contribution in [2.75, 3.05) is 18.4 Å². The molecule has 2 N–H and O–H groups in total. The summed E-state index contributed by atoms with van der Waals surface area (Å²) in [5, 5.41) is 6.20. The average Bonchev–Trinajstić information content (AvgIpc) is 2.28. The lowest BCUT2D eigenvalue weighted by Crippen LogP contribution is -2.35. The molecule has 1 aliphatic rings. The summed E-state index contributed by atoms with van der Waals surface area (Å²) in [7, 11) is -9.55. The second kappa shape index (κ2) is 3.99. The molecule has 19 heavy (non-hydrogen) atoms. The molecule has 2 rings (SSSR count). The Morgan fingerprint density at radius 2 is 1.47 bits per heavy atom. The highest BCUT2D eigenvalue weighted by Crippen LogP contribution is 3.02. The molecule has 0 atom stereocenters. The smallest absolute Gasteiger partial charge is 0.310 e. The molecule has 0 saturated carbocycles. The molecule has 1 aliphatic heterocycles. The Balaban J connectivity index is 2.11. The summed E-state index contributed by atoms with van der Waals surface area (Å²) in [6.45, 7) is 1.67. The third-order valence-electron chi connectivity index (χ3n) is 3.01. The predicted molar refractivity (Wildman–Crippen MR) is 67.4 cm³/mol. The van der Waals surface area contributed by atoms with E-state index in [1.54, 1.807) is 0 Å². The lowest BCUT2D eigenvalue weighted by Gasteiger charge is -2.40. The first-order valence-corrected chi connectivity index (χ1v) is 7.81. The molecule has 0 spiro atoms. The van der Waals surface area contributed by atoms with E-state index in [-0.39, 0.29) is 6.04 Å². The molecule has 2 nitrogen and oxygen atoms in total. The van der Waals surface area contributed by atoms with Crippen LogP contribution in [0, 0.1) is 0 Å². The van der Waals surface area contributed by atoms with Gasteiger partial charge in [0.25, 0.3) is 0 Å². The van der Waals surface area contributed by atoms with Gasteiger partial charge in [-0.05, 0) is 50.2 Å². The third-order valence-corrected chi connectivity index (χ3v) is 4.17. The number of piperidine rings is 1. The van der Waals surface area contributed by atoms with E-state index in [4.69, 9.17) is 0 Å². The minimum atomic E-state index is -9.55. The van der Waals surface area contributed by atoms with Gasteiger partial charge in [0, 0.05) is 11.7 Å². The van der Waals surface area contributed by atoms with Gasteiger partial charge < -0.3 is 10.6 Å². The van der Waals surface area contributed by atoms with E-state index in [0.717, 1.165) is 38.1 Å². The van der Waals surface area contributed by atoms with Crippen molar-refractivity contribution in [1.82, 2.24) is 5.32 Å². The molecule has 0 unspecified atom stereocenters. The summed E-state index contributed by atoms with van der Waals surface area (Å²) in [5.74, 6) is 0. The molecular weight excluding hydrogens is 287 g/mol. The first-order valence-electron chi connectivity index (χ1n) is 5.86. The first kappa shape index (κ1) is 14.4. The Bertz CT molecular complexity index is 450. The maximum absolute atomic E-state index is 12.5. The zero-order chi connectivity index (χ0) is 14.2. The molecule has 0 aliphatic carbocycles. The van der Waals surface area contributed by atoms with Gasteiger partial charge in [-0.3, -0.25) is 0 Å². The van der Waals surface area contributed by atoms with Crippen molar-refractivity contribution >= 4 is 15.9 Å². The van der Waals surface area contributed by atoms with Crippen LogP contribution in [0.5, 0.6) is 0 Å². The lowest BCUT2D eigenvalue weighted by molar-refractivity contribution is 0.364. The molecule has 1 saturated heterocycles. The molecule has 0 amide bonds. The van der Waals surface area contributed by atoms with Gasteiger partial charge in [0.05, 0.1) is 0 Å². The zero-order valence-corrected chi connectivity index (χ0v) is 10.8. The number of nitrogens with one attached hydrogen (secondary N) is 2. The summed E-state index contributed by atoms with van der Waals surface area (Å²) in [6.07, 6.45) is 1.70. The van der Waals surface area contributed by atoms with Gasteiger partial charge in [0.1, 0.15) is 4.90 Å². The Kier molecular flexibility index (Phi) is 3.02. The van der Waals surface area contributed by atoms with Crippen LogP contribution in [0.3, 0.4) is 0 Å². The molecule has 0 bridgehead atoms. The van der Waals surface area contributed by atoms with Crippen LogP contribution in [0.4, 0.5) is 25.1 Å². The monoisotopic (exact) mass is 302 g/mol. The van der Waals surface area contributed by atoms with E-state index in [0.29, 0.717) is 17.8 Å². The topological polar surface area (TPSA) is 24.1 Å². The maximum atomic E-state index is 12.5. The molecular formula is C11H15F5N2S. The normalized spacial score (nSPS) is 21.5. The van der Waals surface area contributed by atoms with E-state index >= 15 is 0 Å².